The van der Waals surface area contributed by atoms with Crippen LogP contribution in [0.25, 0.3) is 5.70 Å². The highest BCUT2D eigenvalue weighted by molar-refractivity contribution is 8.03. The number of hydrogen-bond donors (Lipinski definition) is 0. The minimum Gasteiger partial charge on any atom is -0.372 e. The molecule has 0 bridgehead atoms. The summed E-state index contributed by atoms with van der Waals surface area (Å²) in [4.78, 5) is 28.5. The third-order valence-electron chi connectivity index (χ3n) is 4.13. The number of rotatable bonds is 3. The topological polar surface area (TPSA) is 49.9 Å². The Balaban J connectivity index is 1.76. The fourth-order valence-corrected chi connectivity index (χ4v) is 3.89. The molecule has 5 nitrogen and oxygen atoms in total. The Kier molecular flexibility index (Phi) is 5.26. The van der Waals surface area contributed by atoms with Crippen LogP contribution in [0.3, 0.4) is 0 Å². The van der Waals surface area contributed by atoms with Crippen molar-refractivity contribution in [1.29, 1.82) is 0 Å². The summed E-state index contributed by atoms with van der Waals surface area (Å²) in [6.45, 7) is 5.16. The molecule has 0 saturated carbocycles. The smallest absolute Gasteiger partial charge is 0.242 e. The first-order chi connectivity index (χ1) is 11.5. The first kappa shape index (κ1) is 17.0. The largest absolute Gasteiger partial charge is 0.372 e. The Morgan fingerprint density at radius 1 is 1.21 bits per heavy atom. The summed E-state index contributed by atoms with van der Waals surface area (Å²) in [5, 5.41) is 1.97. The summed E-state index contributed by atoms with van der Waals surface area (Å²) in [6, 6.07) is 9.73. The van der Waals surface area contributed by atoms with Gasteiger partial charge in [0, 0.05) is 13.1 Å². The minimum absolute atomic E-state index is 0.0226. The first-order valence-electron chi connectivity index (χ1n) is 8.15. The van der Waals surface area contributed by atoms with E-state index in [9.17, 15) is 9.59 Å². The van der Waals surface area contributed by atoms with E-state index in [1.54, 1.807) is 9.80 Å². The van der Waals surface area contributed by atoms with Gasteiger partial charge in [0.2, 0.25) is 11.8 Å². The Labute approximate surface area is 146 Å². The van der Waals surface area contributed by atoms with Crippen LogP contribution in [0.1, 0.15) is 19.4 Å². The summed E-state index contributed by atoms with van der Waals surface area (Å²) in [5.41, 5.74) is 1.76. The number of hydrogen-bond acceptors (Lipinski definition) is 4. The van der Waals surface area contributed by atoms with E-state index in [1.807, 2.05) is 49.6 Å². The van der Waals surface area contributed by atoms with Crippen LogP contribution in [0, 0.1) is 0 Å². The van der Waals surface area contributed by atoms with Crippen molar-refractivity contribution < 1.29 is 14.3 Å². The van der Waals surface area contributed by atoms with Gasteiger partial charge in [-0.15, -0.1) is 11.8 Å². The van der Waals surface area contributed by atoms with Crippen LogP contribution >= 0.6 is 11.8 Å². The molecule has 2 atom stereocenters. The van der Waals surface area contributed by atoms with Gasteiger partial charge in [-0.1, -0.05) is 30.3 Å². The lowest BCUT2D eigenvalue weighted by Crippen LogP contribution is -2.51. The predicted octanol–water partition coefficient (Wildman–Crippen LogP) is 2.20. The maximum Gasteiger partial charge on any atom is 0.242 e. The highest BCUT2D eigenvalue weighted by Crippen LogP contribution is 2.28. The maximum absolute atomic E-state index is 12.7. The second-order valence-electron chi connectivity index (χ2n) is 6.22. The Hall–Kier alpha value is -1.79. The second kappa shape index (κ2) is 7.40. The van der Waals surface area contributed by atoms with Crippen molar-refractivity contribution in [3.05, 3.63) is 41.3 Å². The number of amides is 2. The molecular formula is C18H22N2O3S. The number of benzene rings is 1. The summed E-state index contributed by atoms with van der Waals surface area (Å²) in [6.07, 6.45) is 0.0453. The van der Waals surface area contributed by atoms with Crippen molar-refractivity contribution in [3.8, 4) is 0 Å². The van der Waals surface area contributed by atoms with Crippen molar-refractivity contribution in [2.75, 3.05) is 25.4 Å². The molecule has 2 aliphatic heterocycles. The minimum atomic E-state index is -0.0286. The molecule has 0 aromatic heterocycles. The van der Waals surface area contributed by atoms with Gasteiger partial charge < -0.3 is 14.5 Å². The zero-order valence-corrected chi connectivity index (χ0v) is 14.8. The van der Waals surface area contributed by atoms with E-state index in [0.717, 1.165) is 11.3 Å². The van der Waals surface area contributed by atoms with Crippen molar-refractivity contribution in [3.63, 3.8) is 0 Å². The van der Waals surface area contributed by atoms with E-state index < -0.39 is 0 Å². The van der Waals surface area contributed by atoms with Gasteiger partial charge in [-0.3, -0.25) is 9.59 Å². The van der Waals surface area contributed by atoms with Gasteiger partial charge in [0.15, 0.2) is 0 Å². The van der Waals surface area contributed by atoms with Gasteiger partial charge in [-0.25, -0.2) is 0 Å². The summed E-state index contributed by atoms with van der Waals surface area (Å²) < 4.78 is 5.68. The number of ether oxygens (including phenoxy) is 1. The molecule has 6 heteroatoms. The van der Waals surface area contributed by atoms with Crippen molar-refractivity contribution in [2.45, 2.75) is 26.1 Å². The summed E-state index contributed by atoms with van der Waals surface area (Å²) in [5.74, 6) is 0.322. The Morgan fingerprint density at radius 3 is 2.54 bits per heavy atom. The standard InChI is InChI=1S/C18H22N2O3S/c1-13-8-19(9-14(2)23-13)17(21)10-20-16(11-24-12-18(20)22)15-6-4-3-5-7-15/h3-7,11,13-14H,8-10,12H2,1-2H3. The molecule has 0 N–H and O–H groups in total. The molecular weight excluding hydrogens is 324 g/mol. The summed E-state index contributed by atoms with van der Waals surface area (Å²) >= 11 is 1.48. The highest BCUT2D eigenvalue weighted by Gasteiger charge is 2.30. The van der Waals surface area contributed by atoms with Crippen LogP contribution < -0.4 is 0 Å². The number of morpholine rings is 1. The van der Waals surface area contributed by atoms with Gasteiger partial charge in [-0.05, 0) is 24.8 Å². The SMILES string of the molecule is CC1CN(C(=O)CN2C(=O)CSC=C2c2ccccc2)CC(C)O1. The normalized spacial score (nSPS) is 24.8. The van der Waals surface area contributed by atoms with E-state index in [0.29, 0.717) is 18.8 Å². The van der Waals surface area contributed by atoms with E-state index in [2.05, 4.69) is 0 Å². The zero-order valence-electron chi connectivity index (χ0n) is 14.0. The average Bonchev–Trinajstić information content (AvgIpc) is 2.56. The van der Waals surface area contributed by atoms with E-state index in [1.165, 1.54) is 11.8 Å². The third kappa shape index (κ3) is 3.82. The van der Waals surface area contributed by atoms with Crippen LogP contribution in [0.15, 0.2) is 35.7 Å². The molecule has 2 unspecified atom stereocenters. The van der Waals surface area contributed by atoms with Crippen LogP contribution in [-0.2, 0) is 14.3 Å². The van der Waals surface area contributed by atoms with Gasteiger partial charge in [0.05, 0.1) is 23.7 Å². The zero-order chi connectivity index (χ0) is 17.1. The number of nitrogens with zero attached hydrogens (tertiary/aromatic N) is 2. The first-order valence-corrected chi connectivity index (χ1v) is 9.20. The van der Waals surface area contributed by atoms with Gasteiger partial charge in [0.25, 0.3) is 0 Å². The Bertz CT molecular complexity index is 637. The maximum atomic E-state index is 12.7. The molecule has 1 fully saturated rings. The molecule has 128 valence electrons. The molecule has 0 aliphatic carbocycles. The van der Waals surface area contributed by atoms with Crippen molar-refractivity contribution >= 4 is 29.3 Å². The van der Waals surface area contributed by atoms with E-state index in [4.69, 9.17) is 4.74 Å². The number of carbonyl (C=O) groups is 2. The molecule has 2 amide bonds. The van der Waals surface area contributed by atoms with Crippen LogP contribution in [0.5, 0.6) is 0 Å². The lowest BCUT2D eigenvalue weighted by atomic mass is 10.1. The lowest BCUT2D eigenvalue weighted by Gasteiger charge is -2.37. The van der Waals surface area contributed by atoms with Gasteiger partial charge >= 0.3 is 0 Å². The second-order valence-corrected chi connectivity index (χ2v) is 7.07. The number of carbonyl (C=O) groups excluding carboxylic acids is 2. The molecule has 3 rings (SSSR count). The molecule has 0 spiro atoms. The highest BCUT2D eigenvalue weighted by atomic mass is 32.2. The van der Waals surface area contributed by atoms with Gasteiger partial charge in [-0.2, -0.15) is 0 Å². The van der Waals surface area contributed by atoms with Crippen LogP contribution in [0.4, 0.5) is 0 Å². The fourth-order valence-electron chi connectivity index (χ4n) is 3.09. The van der Waals surface area contributed by atoms with Crippen LogP contribution in [-0.4, -0.2) is 59.2 Å². The third-order valence-corrected chi connectivity index (χ3v) is 4.93. The van der Waals surface area contributed by atoms with Crippen molar-refractivity contribution in [1.82, 2.24) is 9.80 Å². The lowest BCUT2D eigenvalue weighted by molar-refractivity contribution is -0.146. The molecule has 1 aromatic carbocycles. The van der Waals surface area contributed by atoms with Gasteiger partial charge in [0.1, 0.15) is 6.54 Å². The Morgan fingerprint density at radius 2 is 1.88 bits per heavy atom. The number of thioether (sulfide) groups is 1. The molecule has 0 radical (unpaired) electrons. The predicted molar refractivity (Wildman–Crippen MR) is 95.2 cm³/mol. The quantitative estimate of drug-likeness (QED) is 0.842. The molecule has 24 heavy (non-hydrogen) atoms. The summed E-state index contributed by atoms with van der Waals surface area (Å²) in [7, 11) is 0. The van der Waals surface area contributed by atoms with E-state index >= 15 is 0 Å². The monoisotopic (exact) mass is 346 g/mol. The molecule has 2 aliphatic rings. The van der Waals surface area contributed by atoms with Crippen molar-refractivity contribution in [2.24, 2.45) is 0 Å². The molecule has 1 saturated heterocycles. The van der Waals surface area contributed by atoms with E-state index in [-0.39, 0.29) is 30.6 Å². The molecule has 1 aromatic rings. The molecule has 2 heterocycles. The fraction of sp³-hybridized carbons (Fsp3) is 0.444. The van der Waals surface area contributed by atoms with Crippen LogP contribution in [0.2, 0.25) is 0 Å². The average molecular weight is 346 g/mol.